The van der Waals surface area contributed by atoms with Crippen molar-refractivity contribution < 1.29 is 17.2 Å². The molecule has 10 heavy (non-hydrogen) atoms. The van der Waals surface area contributed by atoms with Crippen LogP contribution in [0.15, 0.2) is 0 Å². The molecule has 0 saturated heterocycles. The zero-order chi connectivity index (χ0) is 8.78. The molecule has 1 atom stereocenters. The van der Waals surface area contributed by atoms with Crippen LogP contribution in [0.3, 0.4) is 0 Å². The molecule has 0 aromatic carbocycles. The Labute approximate surface area is 66.6 Å². The first-order valence-electron chi connectivity index (χ1n) is 1.95. The second-order valence-corrected chi connectivity index (χ2v) is 4.42. The van der Waals surface area contributed by atoms with Crippen molar-refractivity contribution in [2.45, 2.75) is 0 Å². The lowest BCUT2D eigenvalue weighted by atomic mass is 11.6. The fourth-order valence-corrected chi connectivity index (χ4v) is 0. The minimum atomic E-state index is -3.44. The number of rotatable bonds is 1. The van der Waals surface area contributed by atoms with E-state index in [-0.39, 0.29) is 0 Å². The third-order valence-corrected chi connectivity index (χ3v) is 1.19. The fourth-order valence-electron chi connectivity index (χ4n) is 0. The molecule has 8 heteroatoms. The summed E-state index contributed by atoms with van der Waals surface area (Å²) in [7, 11) is 2.38. The molecule has 0 aromatic heterocycles. The van der Waals surface area contributed by atoms with Crippen LogP contribution in [0, 0.1) is 0 Å². The smallest absolute Gasteiger partial charge is 0.297 e. The SMILES string of the molecule is CNS(=O)(=O)Cl.CS(=O)O. The topological polar surface area (TPSA) is 83.5 Å². The molecule has 0 aliphatic heterocycles. The summed E-state index contributed by atoms with van der Waals surface area (Å²) >= 11 is -1.61. The summed E-state index contributed by atoms with van der Waals surface area (Å²) in [6.45, 7) is 0. The predicted octanol–water partition coefficient (Wildman–Crippen LogP) is -0.473. The zero-order valence-corrected chi connectivity index (χ0v) is 7.76. The minimum absolute atomic E-state index is 1.19. The van der Waals surface area contributed by atoms with Crippen LogP contribution in [0.4, 0.5) is 0 Å². The molecule has 2 N–H and O–H groups in total. The van der Waals surface area contributed by atoms with E-state index < -0.39 is 20.3 Å². The molecule has 0 amide bonds. The first-order chi connectivity index (χ1) is 4.29. The van der Waals surface area contributed by atoms with Crippen LogP contribution in [0.5, 0.6) is 0 Å². The summed E-state index contributed by atoms with van der Waals surface area (Å²) in [5, 5.41) is 0. The molecule has 0 aromatic rings. The Hall–Kier alpha value is 0.310. The monoisotopic (exact) mass is 209 g/mol. The van der Waals surface area contributed by atoms with Crippen molar-refractivity contribution in [1.82, 2.24) is 4.72 Å². The van der Waals surface area contributed by atoms with E-state index in [1.54, 1.807) is 0 Å². The van der Waals surface area contributed by atoms with Crippen molar-refractivity contribution in [3.05, 3.63) is 0 Å². The van der Waals surface area contributed by atoms with E-state index in [9.17, 15) is 8.42 Å². The van der Waals surface area contributed by atoms with E-state index >= 15 is 0 Å². The Kier molecular flexibility index (Phi) is 7.83. The Morgan fingerprint density at radius 2 is 1.70 bits per heavy atom. The van der Waals surface area contributed by atoms with Gasteiger partial charge in [0.1, 0.15) is 11.1 Å². The Morgan fingerprint density at radius 3 is 1.70 bits per heavy atom. The van der Waals surface area contributed by atoms with Gasteiger partial charge in [-0.2, -0.15) is 8.42 Å². The third kappa shape index (κ3) is 40.5. The van der Waals surface area contributed by atoms with E-state index in [1.165, 1.54) is 13.3 Å². The molecule has 0 aliphatic carbocycles. The van der Waals surface area contributed by atoms with Crippen LogP contribution in [-0.4, -0.2) is 30.5 Å². The average molecular weight is 210 g/mol. The largest absolute Gasteiger partial charge is 0.306 e. The molecule has 64 valence electrons. The van der Waals surface area contributed by atoms with Crippen molar-refractivity contribution in [3.8, 4) is 0 Å². The van der Waals surface area contributed by atoms with Gasteiger partial charge in [0.15, 0.2) is 0 Å². The predicted molar refractivity (Wildman–Crippen MR) is 40.5 cm³/mol. The molecule has 0 aliphatic rings. The van der Waals surface area contributed by atoms with Crippen molar-refractivity contribution in [1.29, 1.82) is 0 Å². The molecule has 1 unspecified atom stereocenters. The van der Waals surface area contributed by atoms with E-state index in [0.29, 0.717) is 0 Å². The summed E-state index contributed by atoms with van der Waals surface area (Å²) in [5.74, 6) is 0. The van der Waals surface area contributed by atoms with Crippen LogP contribution >= 0.6 is 10.7 Å². The molecule has 0 spiro atoms. The summed E-state index contributed by atoms with van der Waals surface area (Å²) in [4.78, 5) is 0. The molecular formula is C2H8ClNO4S2. The number of hydrogen-bond acceptors (Lipinski definition) is 3. The first-order valence-corrected chi connectivity index (χ1v) is 5.77. The van der Waals surface area contributed by atoms with Crippen molar-refractivity contribution in [3.63, 3.8) is 0 Å². The lowest BCUT2D eigenvalue weighted by Crippen LogP contribution is -2.09. The van der Waals surface area contributed by atoms with Crippen LogP contribution in [0.25, 0.3) is 0 Å². The normalized spacial score (nSPS) is 13.2. The maximum atomic E-state index is 9.65. The van der Waals surface area contributed by atoms with Gasteiger partial charge in [-0.3, -0.25) is 0 Å². The van der Waals surface area contributed by atoms with Gasteiger partial charge in [0.2, 0.25) is 0 Å². The fraction of sp³-hybridized carbons (Fsp3) is 1.00. The van der Waals surface area contributed by atoms with Gasteiger partial charge in [0.05, 0.1) is 0 Å². The standard InChI is InChI=1S/CH4ClNO2S.CH4O2S/c1-3-6(2,4)5;1-4(2)3/h3H,1H3;1H3,(H,2,3). The summed E-state index contributed by atoms with van der Waals surface area (Å²) in [6.07, 6.45) is 1.19. The van der Waals surface area contributed by atoms with Gasteiger partial charge in [0.25, 0.3) is 9.24 Å². The molecule has 5 nitrogen and oxygen atoms in total. The average Bonchev–Trinajstić information content (AvgIpc) is 1.63. The number of halogens is 1. The van der Waals surface area contributed by atoms with Gasteiger partial charge in [-0.15, -0.1) is 0 Å². The Bertz CT molecular complexity index is 183. The van der Waals surface area contributed by atoms with Gasteiger partial charge in [-0.1, -0.05) is 0 Å². The van der Waals surface area contributed by atoms with Gasteiger partial charge in [-0.05, 0) is 0 Å². The lowest BCUT2D eigenvalue weighted by molar-refractivity contribution is 0.571. The highest BCUT2D eigenvalue weighted by atomic mass is 35.7. The van der Waals surface area contributed by atoms with Crippen LogP contribution in [0.1, 0.15) is 0 Å². The second-order valence-electron chi connectivity index (χ2n) is 1.07. The van der Waals surface area contributed by atoms with Gasteiger partial charge in [0, 0.05) is 24.0 Å². The third-order valence-electron chi connectivity index (χ3n) is 0.244. The van der Waals surface area contributed by atoms with E-state index in [4.69, 9.17) is 8.76 Å². The van der Waals surface area contributed by atoms with E-state index in [2.05, 4.69) is 10.7 Å². The van der Waals surface area contributed by atoms with Gasteiger partial charge in [-0.25, -0.2) is 8.93 Å². The summed E-state index contributed by atoms with van der Waals surface area (Å²) < 4.78 is 37.8. The maximum Gasteiger partial charge on any atom is 0.297 e. The Balaban J connectivity index is 0. The van der Waals surface area contributed by atoms with Crippen molar-refractivity contribution in [2.75, 3.05) is 13.3 Å². The molecule has 0 fully saturated rings. The molecular weight excluding hydrogens is 202 g/mol. The molecule has 0 heterocycles. The molecule has 0 bridgehead atoms. The van der Waals surface area contributed by atoms with Crippen molar-refractivity contribution in [2.24, 2.45) is 0 Å². The molecule has 0 radical (unpaired) electrons. The van der Waals surface area contributed by atoms with E-state index in [0.717, 1.165) is 0 Å². The summed E-state index contributed by atoms with van der Waals surface area (Å²) in [5.41, 5.74) is 0. The Morgan fingerprint density at radius 1 is 1.60 bits per heavy atom. The molecule has 0 rings (SSSR count). The highest BCUT2D eigenvalue weighted by Crippen LogP contribution is 1.83. The highest BCUT2D eigenvalue weighted by Gasteiger charge is 1.92. The minimum Gasteiger partial charge on any atom is -0.306 e. The zero-order valence-electron chi connectivity index (χ0n) is 5.37. The van der Waals surface area contributed by atoms with E-state index in [1.807, 2.05) is 4.72 Å². The van der Waals surface area contributed by atoms with Gasteiger partial charge < -0.3 is 4.55 Å². The molecule has 0 saturated carbocycles. The van der Waals surface area contributed by atoms with Crippen molar-refractivity contribution >= 4 is 31.0 Å². The van der Waals surface area contributed by atoms with Crippen LogP contribution in [-0.2, 0) is 20.3 Å². The maximum absolute atomic E-state index is 9.65. The van der Waals surface area contributed by atoms with Crippen LogP contribution < -0.4 is 4.72 Å². The van der Waals surface area contributed by atoms with Crippen LogP contribution in [0.2, 0.25) is 0 Å². The quantitative estimate of drug-likeness (QED) is 0.452. The lowest BCUT2D eigenvalue weighted by Gasteiger charge is -1.81. The number of nitrogens with one attached hydrogen (secondary N) is 1. The number of hydrogen-bond donors (Lipinski definition) is 2. The van der Waals surface area contributed by atoms with Gasteiger partial charge >= 0.3 is 0 Å². The second kappa shape index (κ2) is 6.05. The summed E-state index contributed by atoms with van der Waals surface area (Å²) in [6, 6.07) is 0. The first kappa shape index (κ1) is 12.9. The highest BCUT2D eigenvalue weighted by molar-refractivity contribution is 8.12.